The Hall–Kier alpha value is -2.36. The lowest BCUT2D eigenvalue weighted by Gasteiger charge is -2.32. The Labute approximate surface area is 163 Å². The second-order valence-corrected chi connectivity index (χ2v) is 7.02. The summed E-state index contributed by atoms with van der Waals surface area (Å²) in [5.74, 6) is 0. The summed E-state index contributed by atoms with van der Waals surface area (Å²) < 4.78 is 39.7. The van der Waals surface area contributed by atoms with E-state index >= 15 is 0 Å². The summed E-state index contributed by atoms with van der Waals surface area (Å²) in [7, 11) is 0. The maximum Gasteiger partial charge on any atom is 0.416 e. The van der Waals surface area contributed by atoms with Gasteiger partial charge in [0.1, 0.15) is 0 Å². The fourth-order valence-electron chi connectivity index (χ4n) is 3.44. The Balaban J connectivity index is 1.91. The molecule has 0 spiro atoms. The maximum absolute atomic E-state index is 12.8. The highest BCUT2D eigenvalue weighted by atomic mass is 35.5. The molecule has 1 heterocycles. The molecule has 0 aliphatic heterocycles. The Morgan fingerprint density at radius 3 is 2.50 bits per heavy atom. The molecule has 0 saturated heterocycles. The lowest BCUT2D eigenvalue weighted by molar-refractivity contribution is -0.137. The molecule has 0 bridgehead atoms. The van der Waals surface area contributed by atoms with E-state index in [0.29, 0.717) is 17.3 Å². The lowest BCUT2D eigenvalue weighted by Crippen LogP contribution is -2.46. The number of benzene rings is 1. The van der Waals surface area contributed by atoms with Crippen LogP contribution in [-0.4, -0.2) is 43.3 Å². The van der Waals surface area contributed by atoms with Crippen LogP contribution in [0, 0.1) is 0 Å². The van der Waals surface area contributed by atoms with Gasteiger partial charge in [-0.3, -0.25) is 0 Å². The van der Waals surface area contributed by atoms with E-state index in [2.05, 4.69) is 10.4 Å². The average molecular weight is 418 g/mol. The van der Waals surface area contributed by atoms with E-state index in [9.17, 15) is 22.8 Å². The van der Waals surface area contributed by atoms with Crippen molar-refractivity contribution in [2.75, 3.05) is 6.54 Å². The molecule has 0 radical (unpaired) electrons. The van der Waals surface area contributed by atoms with Crippen LogP contribution in [0.1, 0.15) is 44.6 Å². The smallest absolute Gasteiger partial charge is 0.320 e. The van der Waals surface area contributed by atoms with Gasteiger partial charge in [0.25, 0.3) is 0 Å². The highest BCUT2D eigenvalue weighted by Gasteiger charge is 2.32. The topological polar surface area (TPSA) is 73.0 Å². The number of aromatic nitrogens is 4. The molecular weight excluding hydrogens is 399 g/mol. The molecule has 1 aliphatic rings. The monoisotopic (exact) mass is 417 g/mol. The van der Waals surface area contributed by atoms with Gasteiger partial charge < -0.3 is 4.90 Å². The minimum atomic E-state index is -4.57. The SMILES string of the molecule is CCN(C(=O)n1nnn(-c2ccc(C(F)(F)F)cc2Cl)c1=O)C1CCCCC1. The molecule has 3 rings (SSSR count). The van der Waals surface area contributed by atoms with Crippen LogP contribution in [0.25, 0.3) is 5.69 Å². The number of hydrogen-bond donors (Lipinski definition) is 0. The molecule has 0 atom stereocenters. The number of carbonyl (C=O) groups is 1. The van der Waals surface area contributed by atoms with Crippen LogP contribution in [0.2, 0.25) is 5.02 Å². The largest absolute Gasteiger partial charge is 0.416 e. The highest BCUT2D eigenvalue weighted by Crippen LogP contribution is 2.32. The van der Waals surface area contributed by atoms with Gasteiger partial charge in [-0.1, -0.05) is 30.9 Å². The first-order valence-corrected chi connectivity index (χ1v) is 9.35. The first kappa shape index (κ1) is 20.4. The minimum Gasteiger partial charge on any atom is -0.320 e. The maximum atomic E-state index is 12.8. The molecule has 28 heavy (non-hydrogen) atoms. The van der Waals surface area contributed by atoms with Crippen molar-refractivity contribution in [2.24, 2.45) is 0 Å². The zero-order chi connectivity index (χ0) is 20.5. The summed E-state index contributed by atoms with van der Waals surface area (Å²) >= 11 is 5.91. The molecule has 2 aromatic rings. The molecule has 11 heteroatoms. The predicted octanol–water partition coefficient (Wildman–Crippen LogP) is 3.72. The van der Waals surface area contributed by atoms with E-state index in [1.54, 1.807) is 4.90 Å². The zero-order valence-corrected chi connectivity index (χ0v) is 15.9. The van der Waals surface area contributed by atoms with Crippen molar-refractivity contribution in [3.05, 3.63) is 39.3 Å². The van der Waals surface area contributed by atoms with Crippen LogP contribution in [0.4, 0.5) is 18.0 Å². The van der Waals surface area contributed by atoms with Crippen LogP contribution < -0.4 is 5.69 Å². The van der Waals surface area contributed by atoms with E-state index in [-0.39, 0.29) is 16.8 Å². The van der Waals surface area contributed by atoms with Gasteiger partial charge in [-0.2, -0.15) is 17.9 Å². The molecule has 1 aliphatic carbocycles. The number of amides is 1. The molecule has 1 aromatic heterocycles. The first-order valence-electron chi connectivity index (χ1n) is 8.97. The fourth-order valence-corrected chi connectivity index (χ4v) is 3.70. The number of rotatable bonds is 3. The van der Waals surface area contributed by atoms with Crippen LogP contribution in [-0.2, 0) is 6.18 Å². The van der Waals surface area contributed by atoms with Gasteiger partial charge in [0, 0.05) is 12.6 Å². The Bertz CT molecular complexity index is 918. The van der Waals surface area contributed by atoms with Gasteiger partial charge >= 0.3 is 17.9 Å². The molecule has 1 aromatic carbocycles. The normalized spacial score (nSPS) is 15.6. The molecular formula is C17H19ClF3N5O2. The van der Waals surface area contributed by atoms with Crippen molar-refractivity contribution in [3.63, 3.8) is 0 Å². The number of nitrogens with zero attached hydrogens (tertiary/aromatic N) is 5. The van der Waals surface area contributed by atoms with Gasteiger partial charge in [-0.25, -0.2) is 9.59 Å². The van der Waals surface area contributed by atoms with E-state index < -0.39 is 23.5 Å². The summed E-state index contributed by atoms with van der Waals surface area (Å²) in [6.07, 6.45) is 0.280. The van der Waals surface area contributed by atoms with Crippen LogP contribution >= 0.6 is 11.6 Å². The third-order valence-corrected chi connectivity index (χ3v) is 5.17. The third kappa shape index (κ3) is 3.91. The molecule has 0 N–H and O–H groups in total. The standard InChI is InChI=1S/C17H19ClF3N5O2/c1-2-24(12-6-4-3-5-7-12)15(27)26-16(28)25(22-23-26)14-9-8-11(10-13(14)18)17(19,20)21/h8-10,12H,2-7H2,1H3. The Morgan fingerprint density at radius 1 is 1.25 bits per heavy atom. The van der Waals surface area contributed by atoms with Crippen molar-refractivity contribution >= 4 is 17.6 Å². The third-order valence-electron chi connectivity index (χ3n) is 4.87. The summed E-state index contributed by atoms with van der Waals surface area (Å²) in [6.45, 7) is 2.22. The molecule has 7 nitrogen and oxygen atoms in total. The minimum absolute atomic E-state index is 0.0259. The van der Waals surface area contributed by atoms with E-state index in [1.165, 1.54) is 0 Å². The number of halogens is 4. The summed E-state index contributed by atoms with van der Waals surface area (Å²) in [4.78, 5) is 27.0. The second kappa shape index (κ2) is 7.94. The molecule has 152 valence electrons. The Morgan fingerprint density at radius 2 is 1.93 bits per heavy atom. The van der Waals surface area contributed by atoms with Crippen molar-refractivity contribution in [3.8, 4) is 5.69 Å². The van der Waals surface area contributed by atoms with E-state index in [4.69, 9.17) is 11.6 Å². The Kier molecular flexibility index (Phi) is 5.78. The van der Waals surface area contributed by atoms with Gasteiger partial charge in [-0.15, -0.1) is 4.68 Å². The first-order chi connectivity index (χ1) is 13.2. The van der Waals surface area contributed by atoms with Crippen LogP contribution in [0.3, 0.4) is 0 Å². The van der Waals surface area contributed by atoms with Crippen molar-refractivity contribution < 1.29 is 18.0 Å². The average Bonchev–Trinajstić information content (AvgIpc) is 3.03. The molecule has 1 fully saturated rings. The lowest BCUT2D eigenvalue weighted by atomic mass is 9.94. The quantitative estimate of drug-likeness (QED) is 0.713. The highest BCUT2D eigenvalue weighted by molar-refractivity contribution is 6.32. The number of hydrogen-bond acceptors (Lipinski definition) is 4. The van der Waals surface area contributed by atoms with Gasteiger partial charge in [-0.05, 0) is 48.4 Å². The van der Waals surface area contributed by atoms with Gasteiger partial charge in [0.2, 0.25) is 0 Å². The fraction of sp³-hybridized carbons (Fsp3) is 0.529. The molecule has 1 saturated carbocycles. The summed E-state index contributed by atoms with van der Waals surface area (Å²) in [5, 5.41) is 6.92. The van der Waals surface area contributed by atoms with Crippen molar-refractivity contribution in [1.29, 1.82) is 0 Å². The number of tetrazole rings is 1. The van der Waals surface area contributed by atoms with Crippen molar-refractivity contribution in [1.82, 2.24) is 24.7 Å². The van der Waals surface area contributed by atoms with E-state index in [1.807, 2.05) is 6.92 Å². The number of carbonyl (C=O) groups excluding carboxylic acids is 1. The van der Waals surface area contributed by atoms with Gasteiger partial charge in [0.15, 0.2) is 0 Å². The molecule has 0 unspecified atom stereocenters. The molecule has 1 amide bonds. The number of alkyl halides is 3. The second-order valence-electron chi connectivity index (χ2n) is 6.61. The van der Waals surface area contributed by atoms with E-state index in [0.717, 1.165) is 48.9 Å². The van der Waals surface area contributed by atoms with Gasteiger partial charge in [0.05, 0.1) is 16.3 Å². The summed E-state index contributed by atoms with van der Waals surface area (Å²) in [6, 6.07) is 1.93. The van der Waals surface area contributed by atoms with Crippen LogP contribution in [0.15, 0.2) is 23.0 Å². The van der Waals surface area contributed by atoms with Crippen molar-refractivity contribution in [2.45, 2.75) is 51.2 Å². The zero-order valence-electron chi connectivity index (χ0n) is 15.1. The summed E-state index contributed by atoms with van der Waals surface area (Å²) in [5.41, 5.74) is -1.92. The van der Waals surface area contributed by atoms with Crippen LogP contribution in [0.5, 0.6) is 0 Å². The predicted molar refractivity (Wildman–Crippen MR) is 95.7 cm³/mol.